The zero-order valence-corrected chi connectivity index (χ0v) is 10.2. The van der Waals surface area contributed by atoms with Crippen LogP contribution in [-0.4, -0.2) is 17.2 Å². The first-order valence-electron chi connectivity index (χ1n) is 6.60. The van der Waals surface area contributed by atoms with E-state index in [4.69, 9.17) is 10.5 Å². The average Bonchev–Trinajstić information content (AvgIpc) is 2.27. The van der Waals surface area contributed by atoms with Gasteiger partial charge in [-0.25, -0.2) is 4.98 Å². The Morgan fingerprint density at radius 1 is 1.47 bits per heavy atom. The highest BCUT2D eigenvalue weighted by molar-refractivity contribution is 5.32. The number of rotatable bonds is 2. The van der Waals surface area contributed by atoms with Crippen molar-refractivity contribution in [1.29, 1.82) is 0 Å². The van der Waals surface area contributed by atoms with E-state index in [1.807, 2.05) is 12.3 Å². The highest BCUT2D eigenvalue weighted by Gasteiger charge is 2.42. The molecule has 3 nitrogen and oxygen atoms in total. The molecule has 1 atom stereocenters. The molecule has 1 aliphatic carbocycles. The van der Waals surface area contributed by atoms with Crippen molar-refractivity contribution in [1.82, 2.24) is 4.98 Å². The summed E-state index contributed by atoms with van der Waals surface area (Å²) in [4.78, 5) is 4.04. The molecule has 3 heteroatoms. The topological polar surface area (TPSA) is 48.1 Å². The fraction of sp³-hybridized carbons (Fsp3) is 0.643. The van der Waals surface area contributed by atoms with Crippen LogP contribution < -0.4 is 5.73 Å². The number of hydrogen-bond acceptors (Lipinski definition) is 3. The number of ether oxygens (including phenoxy) is 1. The number of anilines is 1. The van der Waals surface area contributed by atoms with Crippen molar-refractivity contribution >= 4 is 5.82 Å². The summed E-state index contributed by atoms with van der Waals surface area (Å²) >= 11 is 0. The van der Waals surface area contributed by atoms with Gasteiger partial charge < -0.3 is 10.5 Å². The van der Waals surface area contributed by atoms with E-state index in [0.29, 0.717) is 5.82 Å². The van der Waals surface area contributed by atoms with Gasteiger partial charge in [-0.05, 0) is 62.1 Å². The van der Waals surface area contributed by atoms with Gasteiger partial charge in [0.2, 0.25) is 0 Å². The molecule has 1 unspecified atom stereocenters. The van der Waals surface area contributed by atoms with Gasteiger partial charge in [-0.3, -0.25) is 0 Å². The summed E-state index contributed by atoms with van der Waals surface area (Å²) in [5, 5.41) is 0. The van der Waals surface area contributed by atoms with Gasteiger partial charge in [-0.1, -0.05) is 0 Å². The Hall–Kier alpha value is -1.09. The first-order chi connectivity index (χ1) is 8.26. The van der Waals surface area contributed by atoms with Crippen LogP contribution in [-0.2, 0) is 11.2 Å². The molecule has 1 aromatic rings. The van der Waals surface area contributed by atoms with Crippen molar-refractivity contribution in [3.05, 3.63) is 23.9 Å². The molecule has 1 saturated heterocycles. The van der Waals surface area contributed by atoms with Crippen molar-refractivity contribution in [3.8, 4) is 0 Å². The van der Waals surface area contributed by atoms with Crippen LogP contribution in [0, 0.1) is 5.92 Å². The van der Waals surface area contributed by atoms with Gasteiger partial charge in [0.05, 0.1) is 5.60 Å². The summed E-state index contributed by atoms with van der Waals surface area (Å²) in [5.41, 5.74) is 7.29. The van der Waals surface area contributed by atoms with E-state index in [0.717, 1.165) is 18.9 Å². The maximum atomic E-state index is 5.96. The second-order valence-electron chi connectivity index (χ2n) is 5.54. The second kappa shape index (κ2) is 4.30. The third-order valence-electron chi connectivity index (χ3n) is 4.23. The molecule has 2 heterocycles. The number of nitrogens with two attached hydrogens (primary N) is 1. The third kappa shape index (κ3) is 2.29. The maximum Gasteiger partial charge on any atom is 0.123 e. The highest BCUT2D eigenvalue weighted by Crippen LogP contribution is 2.44. The minimum absolute atomic E-state index is 0.251. The first kappa shape index (κ1) is 11.0. The predicted molar refractivity (Wildman–Crippen MR) is 67.6 cm³/mol. The highest BCUT2D eigenvalue weighted by atomic mass is 16.5. The molecule has 92 valence electrons. The van der Waals surface area contributed by atoms with E-state index in [2.05, 4.69) is 11.1 Å². The van der Waals surface area contributed by atoms with E-state index in [1.165, 1.54) is 37.7 Å². The molecule has 1 saturated carbocycles. The molecule has 2 fully saturated rings. The number of nitrogens with zero attached hydrogens (tertiary/aromatic N) is 1. The van der Waals surface area contributed by atoms with E-state index >= 15 is 0 Å². The Bertz CT molecular complexity index is 401. The quantitative estimate of drug-likeness (QED) is 0.852. The van der Waals surface area contributed by atoms with Crippen molar-refractivity contribution in [2.24, 2.45) is 5.92 Å². The molecular formula is C14H20N2O. The molecule has 2 N–H and O–H groups in total. The minimum atomic E-state index is 0.251. The molecule has 0 radical (unpaired) electrons. The van der Waals surface area contributed by atoms with Crippen molar-refractivity contribution in [2.45, 2.75) is 44.1 Å². The Morgan fingerprint density at radius 2 is 2.35 bits per heavy atom. The van der Waals surface area contributed by atoms with Crippen molar-refractivity contribution < 1.29 is 4.74 Å². The van der Waals surface area contributed by atoms with Gasteiger partial charge in [0.1, 0.15) is 5.82 Å². The molecule has 1 spiro atoms. The van der Waals surface area contributed by atoms with Crippen molar-refractivity contribution in [3.63, 3.8) is 0 Å². The Labute approximate surface area is 102 Å². The largest absolute Gasteiger partial charge is 0.384 e. The van der Waals surface area contributed by atoms with Crippen LogP contribution in [0.5, 0.6) is 0 Å². The third-order valence-corrected chi connectivity index (χ3v) is 4.23. The van der Waals surface area contributed by atoms with Gasteiger partial charge in [0.25, 0.3) is 0 Å². The Morgan fingerprint density at radius 3 is 3.06 bits per heavy atom. The van der Waals surface area contributed by atoms with E-state index in [9.17, 15) is 0 Å². The summed E-state index contributed by atoms with van der Waals surface area (Å²) in [5.74, 6) is 1.39. The number of hydrogen-bond donors (Lipinski definition) is 1. The molecule has 0 bridgehead atoms. The Kier molecular flexibility index (Phi) is 2.79. The number of pyridine rings is 1. The fourth-order valence-electron chi connectivity index (χ4n) is 3.18. The molecular weight excluding hydrogens is 212 g/mol. The van der Waals surface area contributed by atoms with Crippen LogP contribution in [0.4, 0.5) is 5.82 Å². The lowest BCUT2D eigenvalue weighted by molar-refractivity contribution is -0.143. The molecule has 17 heavy (non-hydrogen) atoms. The number of nitrogen functional groups attached to an aromatic ring is 1. The van der Waals surface area contributed by atoms with Crippen LogP contribution in [0.2, 0.25) is 0 Å². The lowest BCUT2D eigenvalue weighted by Crippen LogP contribution is -2.45. The standard InChI is InChI=1S/C14H20N2O/c15-13-9-11(2-6-16-13)8-12-3-7-17-14(10-12)4-1-5-14/h2,6,9,12H,1,3-5,7-8,10H2,(H2,15,16). The first-order valence-corrected chi connectivity index (χ1v) is 6.60. The van der Waals surface area contributed by atoms with Crippen LogP contribution in [0.1, 0.15) is 37.7 Å². The zero-order valence-electron chi connectivity index (χ0n) is 10.2. The van der Waals surface area contributed by atoms with Gasteiger partial charge in [-0.2, -0.15) is 0 Å². The van der Waals surface area contributed by atoms with Crippen LogP contribution in [0.3, 0.4) is 0 Å². The molecule has 2 aliphatic rings. The second-order valence-corrected chi connectivity index (χ2v) is 5.54. The van der Waals surface area contributed by atoms with Gasteiger partial charge in [-0.15, -0.1) is 0 Å². The minimum Gasteiger partial charge on any atom is -0.384 e. The molecule has 0 amide bonds. The summed E-state index contributed by atoms with van der Waals surface area (Å²) in [6, 6.07) is 4.09. The van der Waals surface area contributed by atoms with Gasteiger partial charge in [0.15, 0.2) is 0 Å². The SMILES string of the molecule is Nc1cc(CC2CCOC3(CCC3)C2)ccn1. The maximum absolute atomic E-state index is 5.96. The summed E-state index contributed by atoms with van der Waals surface area (Å²) in [6.45, 7) is 0.936. The van der Waals surface area contributed by atoms with Crippen LogP contribution in [0.25, 0.3) is 0 Å². The smallest absolute Gasteiger partial charge is 0.123 e. The van der Waals surface area contributed by atoms with E-state index < -0.39 is 0 Å². The van der Waals surface area contributed by atoms with E-state index in [-0.39, 0.29) is 5.60 Å². The molecule has 1 aliphatic heterocycles. The monoisotopic (exact) mass is 232 g/mol. The fourth-order valence-corrected chi connectivity index (χ4v) is 3.18. The average molecular weight is 232 g/mol. The molecule has 0 aromatic carbocycles. The lowest BCUT2D eigenvalue weighted by Gasteiger charge is -2.47. The summed E-state index contributed by atoms with van der Waals surface area (Å²) in [7, 11) is 0. The van der Waals surface area contributed by atoms with Gasteiger partial charge >= 0.3 is 0 Å². The molecule has 3 rings (SSSR count). The lowest BCUT2D eigenvalue weighted by atomic mass is 9.71. The van der Waals surface area contributed by atoms with Gasteiger partial charge in [0, 0.05) is 12.8 Å². The molecule has 1 aromatic heterocycles. The van der Waals surface area contributed by atoms with Crippen molar-refractivity contribution in [2.75, 3.05) is 12.3 Å². The number of aromatic nitrogens is 1. The van der Waals surface area contributed by atoms with Crippen LogP contribution >= 0.6 is 0 Å². The Balaban J connectivity index is 1.65. The van der Waals surface area contributed by atoms with Crippen LogP contribution in [0.15, 0.2) is 18.3 Å². The van der Waals surface area contributed by atoms with E-state index in [1.54, 1.807) is 0 Å². The summed E-state index contributed by atoms with van der Waals surface area (Å²) < 4.78 is 5.96. The predicted octanol–water partition coefficient (Wildman–Crippen LogP) is 2.56. The zero-order chi connectivity index (χ0) is 11.7. The normalized spacial score (nSPS) is 26.7. The summed E-state index contributed by atoms with van der Waals surface area (Å²) in [6.07, 6.45) is 9.22.